The average molecular weight is 267 g/mol. The number of phenolic OH excluding ortho intramolecular Hbond substituents is 1. The summed E-state index contributed by atoms with van der Waals surface area (Å²) in [7, 11) is 1.91. The number of hydrogen-bond donors (Lipinski definition) is 2. The zero-order valence-electron chi connectivity index (χ0n) is 10.1. The maximum absolute atomic E-state index is 9.73. The lowest BCUT2D eigenvalue weighted by Gasteiger charge is -2.07. The maximum Gasteiger partial charge on any atom is 0.138 e. The largest absolute Gasteiger partial charge is 0.506 e. The number of para-hydroxylation sites is 1. The molecular formula is C12H15ClN4O. The molecule has 0 saturated carbocycles. The zero-order valence-corrected chi connectivity index (χ0v) is 10.9. The third kappa shape index (κ3) is 3.00. The quantitative estimate of drug-likeness (QED) is 0.806. The van der Waals surface area contributed by atoms with E-state index < -0.39 is 0 Å². The lowest BCUT2D eigenvalue weighted by molar-refractivity contribution is 0.464. The molecule has 0 aliphatic rings. The topological polar surface area (TPSA) is 63.0 Å². The lowest BCUT2D eigenvalue weighted by atomic mass is 10.2. The smallest absolute Gasteiger partial charge is 0.138 e. The van der Waals surface area contributed by atoms with Crippen molar-refractivity contribution in [3.8, 4) is 5.75 Å². The molecule has 0 aliphatic heterocycles. The first-order chi connectivity index (χ1) is 8.68. The first-order valence-electron chi connectivity index (χ1n) is 5.68. The molecule has 2 rings (SSSR count). The molecule has 0 atom stereocenters. The van der Waals surface area contributed by atoms with Crippen LogP contribution in [0.15, 0.2) is 24.5 Å². The molecule has 0 bridgehead atoms. The van der Waals surface area contributed by atoms with Crippen LogP contribution in [0.25, 0.3) is 0 Å². The van der Waals surface area contributed by atoms with Crippen LogP contribution in [0.5, 0.6) is 5.75 Å². The van der Waals surface area contributed by atoms with Gasteiger partial charge in [0.1, 0.15) is 17.9 Å². The predicted octanol–water partition coefficient (Wildman–Crippen LogP) is 1.51. The number of nitrogens with one attached hydrogen (secondary N) is 1. The molecule has 1 heterocycles. The SMILES string of the molecule is Cn1cnnc1CCNCc1cccc(Cl)c1O. The summed E-state index contributed by atoms with van der Waals surface area (Å²) in [6.07, 6.45) is 2.47. The second-order valence-corrected chi connectivity index (χ2v) is 4.44. The van der Waals surface area contributed by atoms with Gasteiger partial charge in [0, 0.05) is 32.1 Å². The molecule has 96 valence electrons. The molecule has 2 N–H and O–H groups in total. The molecular weight excluding hydrogens is 252 g/mol. The van der Waals surface area contributed by atoms with E-state index in [1.165, 1.54) is 0 Å². The Kier molecular flexibility index (Phi) is 4.17. The Morgan fingerprint density at radius 1 is 1.44 bits per heavy atom. The van der Waals surface area contributed by atoms with Gasteiger partial charge in [0.15, 0.2) is 0 Å². The Labute approximate surface area is 110 Å². The van der Waals surface area contributed by atoms with Crippen LogP contribution in [0.3, 0.4) is 0 Å². The second kappa shape index (κ2) is 5.84. The van der Waals surface area contributed by atoms with Crippen molar-refractivity contribution in [1.82, 2.24) is 20.1 Å². The summed E-state index contributed by atoms with van der Waals surface area (Å²) in [6.45, 7) is 1.34. The van der Waals surface area contributed by atoms with Gasteiger partial charge in [0.2, 0.25) is 0 Å². The normalized spacial score (nSPS) is 10.8. The van der Waals surface area contributed by atoms with Crippen LogP contribution >= 0.6 is 11.6 Å². The number of aromatic nitrogens is 3. The fraction of sp³-hybridized carbons (Fsp3) is 0.333. The molecule has 0 fully saturated rings. The van der Waals surface area contributed by atoms with Gasteiger partial charge in [-0.25, -0.2) is 0 Å². The van der Waals surface area contributed by atoms with E-state index in [0.29, 0.717) is 11.6 Å². The van der Waals surface area contributed by atoms with E-state index in [1.807, 2.05) is 23.7 Å². The van der Waals surface area contributed by atoms with Crippen molar-refractivity contribution in [2.75, 3.05) is 6.54 Å². The Hall–Kier alpha value is -1.59. The van der Waals surface area contributed by atoms with Gasteiger partial charge in [-0.1, -0.05) is 23.7 Å². The van der Waals surface area contributed by atoms with Gasteiger partial charge in [0.25, 0.3) is 0 Å². The molecule has 0 aliphatic carbocycles. The molecule has 2 aromatic rings. The molecule has 0 unspecified atom stereocenters. The predicted molar refractivity (Wildman–Crippen MR) is 69.5 cm³/mol. The average Bonchev–Trinajstić information content (AvgIpc) is 2.76. The summed E-state index contributed by atoms with van der Waals surface area (Å²) in [4.78, 5) is 0. The van der Waals surface area contributed by atoms with Crippen LogP contribution < -0.4 is 5.32 Å². The molecule has 1 aromatic carbocycles. The van der Waals surface area contributed by atoms with Crippen molar-refractivity contribution in [3.63, 3.8) is 0 Å². The highest BCUT2D eigenvalue weighted by Gasteiger charge is 2.05. The standard InChI is InChI=1S/C12H15ClN4O/c1-17-8-15-16-11(17)5-6-14-7-9-3-2-4-10(13)12(9)18/h2-4,8,14,18H,5-7H2,1H3. The van der Waals surface area contributed by atoms with Crippen LogP contribution in [0.4, 0.5) is 0 Å². The third-order valence-electron chi connectivity index (χ3n) is 2.72. The van der Waals surface area contributed by atoms with Gasteiger partial charge in [-0.2, -0.15) is 0 Å². The summed E-state index contributed by atoms with van der Waals surface area (Å²) < 4.78 is 1.89. The second-order valence-electron chi connectivity index (χ2n) is 4.03. The van der Waals surface area contributed by atoms with Crippen molar-refractivity contribution in [2.45, 2.75) is 13.0 Å². The van der Waals surface area contributed by atoms with Gasteiger partial charge in [0.05, 0.1) is 5.02 Å². The van der Waals surface area contributed by atoms with E-state index in [4.69, 9.17) is 11.6 Å². The van der Waals surface area contributed by atoms with Crippen LogP contribution in [0.2, 0.25) is 5.02 Å². The van der Waals surface area contributed by atoms with E-state index in [2.05, 4.69) is 15.5 Å². The Morgan fingerprint density at radius 3 is 3.00 bits per heavy atom. The van der Waals surface area contributed by atoms with Crippen LogP contribution in [-0.2, 0) is 20.0 Å². The Bertz CT molecular complexity index is 527. The number of rotatable bonds is 5. The van der Waals surface area contributed by atoms with Crippen molar-refractivity contribution < 1.29 is 5.11 Å². The molecule has 0 spiro atoms. The van der Waals surface area contributed by atoms with Crippen LogP contribution in [0.1, 0.15) is 11.4 Å². The zero-order chi connectivity index (χ0) is 13.0. The van der Waals surface area contributed by atoms with E-state index in [9.17, 15) is 5.11 Å². The Morgan fingerprint density at radius 2 is 2.28 bits per heavy atom. The van der Waals surface area contributed by atoms with Crippen molar-refractivity contribution in [2.24, 2.45) is 7.05 Å². The van der Waals surface area contributed by atoms with E-state index in [1.54, 1.807) is 12.4 Å². The fourth-order valence-corrected chi connectivity index (χ4v) is 1.85. The fourth-order valence-electron chi connectivity index (χ4n) is 1.66. The first-order valence-corrected chi connectivity index (χ1v) is 6.06. The maximum atomic E-state index is 9.73. The molecule has 1 aromatic heterocycles. The summed E-state index contributed by atoms with van der Waals surface area (Å²) in [5.41, 5.74) is 0.792. The molecule has 5 nitrogen and oxygen atoms in total. The summed E-state index contributed by atoms with van der Waals surface area (Å²) in [6, 6.07) is 5.33. The molecule has 0 radical (unpaired) electrons. The van der Waals surface area contributed by atoms with Crippen molar-refractivity contribution in [3.05, 3.63) is 40.9 Å². The summed E-state index contributed by atoms with van der Waals surface area (Å²) in [5.74, 6) is 1.07. The van der Waals surface area contributed by atoms with Gasteiger partial charge >= 0.3 is 0 Å². The first kappa shape index (κ1) is 12.9. The van der Waals surface area contributed by atoms with Crippen molar-refractivity contribution >= 4 is 11.6 Å². The highest BCUT2D eigenvalue weighted by atomic mass is 35.5. The van der Waals surface area contributed by atoms with Gasteiger partial charge < -0.3 is 15.0 Å². The highest BCUT2D eigenvalue weighted by Crippen LogP contribution is 2.26. The number of aryl methyl sites for hydroxylation is 1. The number of benzene rings is 1. The number of phenols is 1. The number of halogens is 1. The minimum atomic E-state index is 0.144. The molecule has 18 heavy (non-hydrogen) atoms. The summed E-state index contributed by atoms with van der Waals surface area (Å²) >= 11 is 5.83. The monoisotopic (exact) mass is 266 g/mol. The molecule has 0 saturated heterocycles. The lowest BCUT2D eigenvalue weighted by Crippen LogP contribution is -2.18. The Balaban J connectivity index is 1.82. The number of nitrogens with zero attached hydrogens (tertiary/aromatic N) is 3. The summed E-state index contributed by atoms with van der Waals surface area (Å²) in [5, 5.41) is 21.1. The highest BCUT2D eigenvalue weighted by molar-refractivity contribution is 6.32. The minimum Gasteiger partial charge on any atom is -0.506 e. The van der Waals surface area contributed by atoms with Crippen LogP contribution in [-0.4, -0.2) is 26.4 Å². The minimum absolute atomic E-state index is 0.144. The number of hydrogen-bond acceptors (Lipinski definition) is 4. The molecule has 0 amide bonds. The van der Waals surface area contributed by atoms with E-state index in [0.717, 1.165) is 24.4 Å². The number of aromatic hydroxyl groups is 1. The van der Waals surface area contributed by atoms with Gasteiger partial charge in [-0.3, -0.25) is 0 Å². The molecule has 6 heteroatoms. The third-order valence-corrected chi connectivity index (χ3v) is 3.02. The van der Waals surface area contributed by atoms with E-state index in [-0.39, 0.29) is 5.75 Å². The van der Waals surface area contributed by atoms with Gasteiger partial charge in [-0.15, -0.1) is 10.2 Å². The van der Waals surface area contributed by atoms with Gasteiger partial charge in [-0.05, 0) is 6.07 Å². The van der Waals surface area contributed by atoms with Crippen molar-refractivity contribution in [1.29, 1.82) is 0 Å². The van der Waals surface area contributed by atoms with Crippen LogP contribution in [0, 0.1) is 0 Å². The van der Waals surface area contributed by atoms with E-state index >= 15 is 0 Å².